The number of aliphatic carboxylic acids is 1. The lowest BCUT2D eigenvalue weighted by Gasteiger charge is -2.07. The Kier molecular flexibility index (Phi) is 3.57. The van der Waals surface area contributed by atoms with Gasteiger partial charge in [0, 0.05) is 10.6 Å². The third-order valence-electron chi connectivity index (χ3n) is 2.48. The summed E-state index contributed by atoms with van der Waals surface area (Å²) < 4.78 is 1.46. The van der Waals surface area contributed by atoms with Crippen LogP contribution < -0.4 is 0 Å². The molecule has 1 atom stereocenters. The Hall–Kier alpha value is -1.95. The number of tetrazole rings is 1. The van der Waals surface area contributed by atoms with Crippen LogP contribution in [-0.2, 0) is 11.3 Å². The van der Waals surface area contributed by atoms with Gasteiger partial charge < -0.3 is 5.11 Å². The lowest BCUT2D eigenvalue weighted by Crippen LogP contribution is -2.18. The van der Waals surface area contributed by atoms with Crippen LogP contribution in [0.4, 0.5) is 0 Å². The van der Waals surface area contributed by atoms with E-state index in [1.54, 1.807) is 25.1 Å². The summed E-state index contributed by atoms with van der Waals surface area (Å²) in [5.41, 5.74) is 0.755. The molecule has 0 bridgehead atoms. The molecule has 1 heterocycles. The predicted octanol–water partition coefficient (Wildman–Crippen LogP) is 1.71. The minimum atomic E-state index is -0.887. The van der Waals surface area contributed by atoms with Gasteiger partial charge in [0.15, 0.2) is 5.82 Å². The molecule has 1 unspecified atom stereocenters. The summed E-state index contributed by atoms with van der Waals surface area (Å²) in [6.45, 7) is 1.82. The zero-order chi connectivity index (χ0) is 13.1. The van der Waals surface area contributed by atoms with Crippen molar-refractivity contribution in [3.63, 3.8) is 0 Å². The summed E-state index contributed by atoms with van der Waals surface area (Å²) in [6, 6.07) is 7.09. The van der Waals surface area contributed by atoms with Crippen LogP contribution in [0, 0.1) is 5.92 Å². The molecule has 0 spiro atoms. The summed E-state index contributed by atoms with van der Waals surface area (Å²) in [5, 5.41) is 20.7. The lowest BCUT2D eigenvalue weighted by molar-refractivity contribution is -0.141. The zero-order valence-electron chi connectivity index (χ0n) is 9.62. The number of hydrogen-bond acceptors (Lipinski definition) is 4. The molecule has 6 nitrogen and oxygen atoms in total. The average Bonchev–Trinajstić information content (AvgIpc) is 2.77. The average molecular weight is 267 g/mol. The maximum atomic E-state index is 10.8. The molecule has 94 valence electrons. The van der Waals surface area contributed by atoms with E-state index in [1.807, 2.05) is 6.07 Å². The van der Waals surface area contributed by atoms with Crippen molar-refractivity contribution in [3.8, 4) is 11.4 Å². The van der Waals surface area contributed by atoms with E-state index in [-0.39, 0.29) is 6.54 Å². The van der Waals surface area contributed by atoms with E-state index in [0.717, 1.165) is 5.56 Å². The van der Waals surface area contributed by atoms with E-state index in [0.29, 0.717) is 10.8 Å². The second kappa shape index (κ2) is 5.14. The van der Waals surface area contributed by atoms with Gasteiger partial charge in [0.2, 0.25) is 0 Å². The SMILES string of the molecule is CC(Cn1nnnc1-c1cccc(Cl)c1)C(=O)O. The van der Waals surface area contributed by atoms with Crippen molar-refractivity contribution in [2.75, 3.05) is 0 Å². The van der Waals surface area contributed by atoms with E-state index in [1.165, 1.54) is 4.68 Å². The number of carbonyl (C=O) groups is 1. The van der Waals surface area contributed by atoms with Crippen molar-refractivity contribution >= 4 is 17.6 Å². The Morgan fingerprint density at radius 1 is 1.56 bits per heavy atom. The van der Waals surface area contributed by atoms with Crippen molar-refractivity contribution in [1.82, 2.24) is 20.2 Å². The molecule has 0 aliphatic rings. The van der Waals surface area contributed by atoms with Gasteiger partial charge in [-0.3, -0.25) is 4.79 Å². The number of rotatable bonds is 4. The fourth-order valence-electron chi connectivity index (χ4n) is 1.50. The molecule has 0 aliphatic carbocycles. The Bertz CT molecular complexity index is 570. The molecule has 2 aromatic rings. The molecule has 0 radical (unpaired) electrons. The Morgan fingerprint density at radius 2 is 2.33 bits per heavy atom. The van der Waals surface area contributed by atoms with Crippen molar-refractivity contribution in [2.24, 2.45) is 5.92 Å². The highest BCUT2D eigenvalue weighted by Crippen LogP contribution is 2.20. The van der Waals surface area contributed by atoms with Crippen LogP contribution >= 0.6 is 11.6 Å². The third kappa shape index (κ3) is 2.65. The van der Waals surface area contributed by atoms with Gasteiger partial charge in [0.05, 0.1) is 12.5 Å². The van der Waals surface area contributed by atoms with Crippen molar-refractivity contribution < 1.29 is 9.90 Å². The van der Waals surface area contributed by atoms with Gasteiger partial charge in [0.25, 0.3) is 0 Å². The second-order valence-corrected chi connectivity index (χ2v) is 4.37. The molecule has 1 N–H and O–H groups in total. The van der Waals surface area contributed by atoms with E-state index >= 15 is 0 Å². The monoisotopic (exact) mass is 266 g/mol. The van der Waals surface area contributed by atoms with E-state index in [4.69, 9.17) is 16.7 Å². The summed E-state index contributed by atoms with van der Waals surface area (Å²) in [6.07, 6.45) is 0. The predicted molar refractivity (Wildman–Crippen MR) is 65.1 cm³/mol. The molecular weight excluding hydrogens is 256 g/mol. The molecule has 18 heavy (non-hydrogen) atoms. The number of carboxylic acid groups (broad SMARTS) is 1. The maximum absolute atomic E-state index is 10.8. The summed E-state index contributed by atoms with van der Waals surface area (Å²) in [7, 11) is 0. The highest BCUT2D eigenvalue weighted by Gasteiger charge is 2.16. The molecule has 0 amide bonds. The second-order valence-electron chi connectivity index (χ2n) is 3.93. The first kappa shape index (κ1) is 12.5. The first-order valence-electron chi connectivity index (χ1n) is 5.33. The Labute approximate surface area is 108 Å². The van der Waals surface area contributed by atoms with E-state index in [2.05, 4.69) is 15.5 Å². The standard InChI is InChI=1S/C11H11ClN4O2/c1-7(11(17)18)6-16-10(13-14-15-16)8-3-2-4-9(12)5-8/h2-5,7H,6H2,1H3,(H,17,18). The van der Waals surface area contributed by atoms with Gasteiger partial charge in [-0.1, -0.05) is 30.7 Å². The van der Waals surface area contributed by atoms with Gasteiger partial charge in [0.1, 0.15) is 0 Å². The van der Waals surface area contributed by atoms with E-state index in [9.17, 15) is 4.79 Å². The highest BCUT2D eigenvalue weighted by molar-refractivity contribution is 6.30. The van der Waals surface area contributed by atoms with Crippen LogP contribution in [0.3, 0.4) is 0 Å². The van der Waals surface area contributed by atoms with Crippen LogP contribution in [0.5, 0.6) is 0 Å². The van der Waals surface area contributed by atoms with E-state index < -0.39 is 11.9 Å². The Morgan fingerprint density at radius 3 is 3.00 bits per heavy atom. The number of nitrogens with zero attached hydrogens (tertiary/aromatic N) is 4. The molecule has 0 saturated carbocycles. The van der Waals surface area contributed by atoms with Crippen LogP contribution in [0.2, 0.25) is 5.02 Å². The number of carboxylic acids is 1. The normalized spacial score (nSPS) is 12.3. The first-order valence-corrected chi connectivity index (χ1v) is 5.70. The quantitative estimate of drug-likeness (QED) is 0.911. The largest absolute Gasteiger partial charge is 0.481 e. The number of aromatic nitrogens is 4. The van der Waals surface area contributed by atoms with Gasteiger partial charge in [-0.25, -0.2) is 4.68 Å². The van der Waals surface area contributed by atoms with Crippen LogP contribution in [0.1, 0.15) is 6.92 Å². The topological polar surface area (TPSA) is 80.9 Å². The number of hydrogen-bond donors (Lipinski definition) is 1. The van der Waals surface area contributed by atoms with Gasteiger partial charge >= 0.3 is 5.97 Å². The first-order chi connectivity index (χ1) is 8.58. The van der Waals surface area contributed by atoms with Crippen LogP contribution in [0.25, 0.3) is 11.4 Å². The molecule has 0 aliphatic heterocycles. The number of halogens is 1. The Balaban J connectivity index is 2.30. The lowest BCUT2D eigenvalue weighted by atomic mass is 10.1. The fourth-order valence-corrected chi connectivity index (χ4v) is 1.69. The minimum Gasteiger partial charge on any atom is -0.481 e. The smallest absolute Gasteiger partial charge is 0.308 e. The maximum Gasteiger partial charge on any atom is 0.308 e. The van der Waals surface area contributed by atoms with Crippen molar-refractivity contribution in [1.29, 1.82) is 0 Å². The van der Waals surface area contributed by atoms with Gasteiger partial charge in [-0.2, -0.15) is 0 Å². The molecule has 0 fully saturated rings. The van der Waals surface area contributed by atoms with Gasteiger partial charge in [-0.05, 0) is 22.6 Å². The molecule has 1 aromatic carbocycles. The highest BCUT2D eigenvalue weighted by atomic mass is 35.5. The summed E-state index contributed by atoms with van der Waals surface area (Å²) in [5.74, 6) is -0.945. The summed E-state index contributed by atoms with van der Waals surface area (Å²) >= 11 is 5.90. The molecule has 1 aromatic heterocycles. The van der Waals surface area contributed by atoms with Crippen molar-refractivity contribution in [2.45, 2.75) is 13.5 Å². The zero-order valence-corrected chi connectivity index (χ0v) is 10.4. The fraction of sp³-hybridized carbons (Fsp3) is 0.273. The van der Waals surface area contributed by atoms with Crippen molar-refractivity contribution in [3.05, 3.63) is 29.3 Å². The number of benzene rings is 1. The summed E-state index contributed by atoms with van der Waals surface area (Å²) in [4.78, 5) is 10.8. The molecular formula is C11H11ClN4O2. The third-order valence-corrected chi connectivity index (χ3v) is 2.72. The van der Waals surface area contributed by atoms with Crippen LogP contribution in [-0.4, -0.2) is 31.3 Å². The van der Waals surface area contributed by atoms with Gasteiger partial charge in [-0.15, -0.1) is 5.10 Å². The minimum absolute atomic E-state index is 0.212. The molecule has 7 heteroatoms. The molecule has 2 rings (SSSR count). The van der Waals surface area contributed by atoms with Crippen LogP contribution in [0.15, 0.2) is 24.3 Å². The molecule has 0 saturated heterocycles.